The first-order valence-corrected chi connectivity index (χ1v) is 9.32. The van der Waals surface area contributed by atoms with Gasteiger partial charge in [-0.1, -0.05) is 0 Å². The molecule has 4 N–H and O–H groups in total. The summed E-state index contributed by atoms with van der Waals surface area (Å²) in [5.41, 5.74) is -0.0126. The number of nitrogens with one attached hydrogen (secondary N) is 3. The Hall–Kier alpha value is -2.13. The highest BCUT2D eigenvalue weighted by Crippen LogP contribution is 2.11. The molecule has 1 aliphatic rings. The number of hydrogen-bond donors (Lipinski definition) is 4. The van der Waals surface area contributed by atoms with Crippen molar-refractivity contribution in [3.63, 3.8) is 0 Å². The van der Waals surface area contributed by atoms with E-state index >= 15 is 0 Å². The first-order chi connectivity index (χ1) is 12.5. The monoisotopic (exact) mass is 364 g/mol. The summed E-state index contributed by atoms with van der Waals surface area (Å²) in [5, 5.41) is 15.9. The minimum Gasteiger partial charge on any atom is -0.393 e. The van der Waals surface area contributed by atoms with Gasteiger partial charge in [-0.3, -0.25) is 13.9 Å². The Morgan fingerprint density at radius 2 is 2.19 bits per heavy atom. The zero-order valence-corrected chi connectivity index (χ0v) is 15.4. The molecule has 1 unspecified atom stereocenters. The van der Waals surface area contributed by atoms with Crippen LogP contribution >= 0.6 is 0 Å². The van der Waals surface area contributed by atoms with Gasteiger partial charge in [0.05, 0.1) is 6.10 Å². The number of aromatic amines is 1. The van der Waals surface area contributed by atoms with Crippen molar-refractivity contribution in [3.05, 3.63) is 20.8 Å². The van der Waals surface area contributed by atoms with E-state index in [0.29, 0.717) is 42.5 Å². The molecule has 0 spiro atoms. The van der Waals surface area contributed by atoms with Crippen LogP contribution in [0.2, 0.25) is 0 Å². The third-order valence-electron chi connectivity index (χ3n) is 4.91. The van der Waals surface area contributed by atoms with E-state index in [1.165, 1.54) is 15.6 Å². The first-order valence-electron chi connectivity index (χ1n) is 9.32. The van der Waals surface area contributed by atoms with Crippen molar-refractivity contribution >= 4 is 17.1 Å². The minimum atomic E-state index is -0.368. The standard InChI is InChI=1S/C17H28N6O3/c1-11(24)6-3-4-9-23-15(25)13-14(22(2)17(23)26)21-16(20-13)19-10-12-7-5-8-18-12/h11-12,18,24H,3-10H2,1-2H3,(H2,19,20,21)/t11?,12-/m0/s1. The summed E-state index contributed by atoms with van der Waals surface area (Å²) in [7, 11) is 1.62. The van der Waals surface area contributed by atoms with Crippen molar-refractivity contribution < 1.29 is 5.11 Å². The average molecular weight is 364 g/mol. The molecule has 144 valence electrons. The van der Waals surface area contributed by atoms with Gasteiger partial charge in [0, 0.05) is 26.2 Å². The lowest BCUT2D eigenvalue weighted by molar-refractivity contribution is 0.180. The number of H-pyrrole nitrogens is 1. The Balaban J connectivity index is 1.79. The molecule has 0 radical (unpaired) electrons. The van der Waals surface area contributed by atoms with Crippen molar-refractivity contribution in [1.82, 2.24) is 24.4 Å². The second-order valence-corrected chi connectivity index (χ2v) is 7.10. The molecule has 0 aromatic carbocycles. The van der Waals surface area contributed by atoms with Crippen LogP contribution in [-0.4, -0.2) is 49.4 Å². The molecule has 2 aromatic rings. The molecule has 26 heavy (non-hydrogen) atoms. The Kier molecular flexibility index (Phi) is 5.77. The Morgan fingerprint density at radius 3 is 2.88 bits per heavy atom. The number of aromatic nitrogens is 4. The van der Waals surface area contributed by atoms with Crippen LogP contribution in [0.5, 0.6) is 0 Å². The summed E-state index contributed by atoms with van der Waals surface area (Å²) in [6.45, 7) is 3.82. The Bertz CT molecular complexity index is 860. The highest BCUT2D eigenvalue weighted by atomic mass is 16.3. The molecule has 9 nitrogen and oxygen atoms in total. The summed E-state index contributed by atoms with van der Waals surface area (Å²) < 4.78 is 2.64. The van der Waals surface area contributed by atoms with Gasteiger partial charge in [0.2, 0.25) is 5.95 Å². The molecule has 2 aromatic heterocycles. The van der Waals surface area contributed by atoms with Crippen LogP contribution < -0.4 is 21.9 Å². The normalized spacial score (nSPS) is 18.5. The van der Waals surface area contributed by atoms with Crippen LogP contribution in [0.1, 0.15) is 39.0 Å². The van der Waals surface area contributed by atoms with E-state index in [4.69, 9.17) is 0 Å². The van der Waals surface area contributed by atoms with Gasteiger partial charge in [0.15, 0.2) is 11.2 Å². The molecule has 0 saturated carbocycles. The maximum Gasteiger partial charge on any atom is 0.332 e. The second kappa shape index (κ2) is 8.05. The van der Waals surface area contributed by atoms with Crippen molar-refractivity contribution in [2.45, 2.75) is 57.7 Å². The van der Waals surface area contributed by atoms with Gasteiger partial charge in [-0.25, -0.2) is 4.79 Å². The summed E-state index contributed by atoms with van der Waals surface area (Å²) in [6.07, 6.45) is 4.00. The van der Waals surface area contributed by atoms with E-state index in [0.717, 1.165) is 25.9 Å². The highest BCUT2D eigenvalue weighted by molar-refractivity contribution is 5.72. The summed E-state index contributed by atoms with van der Waals surface area (Å²) in [5.74, 6) is 0.507. The van der Waals surface area contributed by atoms with Gasteiger partial charge in [0.25, 0.3) is 5.56 Å². The number of rotatable bonds is 8. The SMILES string of the molecule is CC(O)CCCCn1c(=O)c2[nH]c(NC[C@@H]3CCCN3)nc2n(C)c1=O. The number of unbranched alkanes of at least 4 members (excludes halogenated alkanes) is 1. The maximum absolute atomic E-state index is 12.7. The summed E-state index contributed by atoms with van der Waals surface area (Å²) in [6, 6.07) is 0.401. The van der Waals surface area contributed by atoms with E-state index in [-0.39, 0.29) is 17.4 Å². The molecular formula is C17H28N6O3. The van der Waals surface area contributed by atoms with Gasteiger partial charge in [-0.15, -0.1) is 0 Å². The number of fused-ring (bicyclic) bond motifs is 1. The van der Waals surface area contributed by atoms with Crippen LogP contribution in [-0.2, 0) is 13.6 Å². The lowest BCUT2D eigenvalue weighted by Gasteiger charge is -2.09. The lowest BCUT2D eigenvalue weighted by atomic mass is 10.2. The molecule has 3 rings (SSSR count). The van der Waals surface area contributed by atoms with Gasteiger partial charge in [0.1, 0.15) is 0 Å². The predicted molar refractivity (Wildman–Crippen MR) is 101 cm³/mol. The molecule has 1 aliphatic heterocycles. The van der Waals surface area contributed by atoms with E-state index in [9.17, 15) is 14.7 Å². The van der Waals surface area contributed by atoms with Crippen molar-refractivity contribution in [3.8, 4) is 0 Å². The quantitative estimate of drug-likeness (QED) is 0.495. The molecule has 0 amide bonds. The van der Waals surface area contributed by atoms with Gasteiger partial charge in [-0.05, 0) is 45.6 Å². The van der Waals surface area contributed by atoms with Crippen molar-refractivity contribution in [1.29, 1.82) is 0 Å². The second-order valence-electron chi connectivity index (χ2n) is 7.10. The number of aliphatic hydroxyl groups excluding tert-OH is 1. The predicted octanol–water partition coefficient (Wildman–Crippen LogP) is 0.138. The lowest BCUT2D eigenvalue weighted by Crippen LogP contribution is -2.39. The fourth-order valence-corrected chi connectivity index (χ4v) is 3.39. The number of nitrogens with zero attached hydrogens (tertiary/aromatic N) is 3. The summed E-state index contributed by atoms with van der Waals surface area (Å²) >= 11 is 0. The van der Waals surface area contributed by atoms with Crippen LogP contribution in [0.15, 0.2) is 9.59 Å². The van der Waals surface area contributed by atoms with Crippen LogP contribution in [0, 0.1) is 0 Å². The van der Waals surface area contributed by atoms with E-state index < -0.39 is 0 Å². The zero-order chi connectivity index (χ0) is 18.7. The number of imidazole rings is 1. The number of aliphatic hydroxyl groups is 1. The van der Waals surface area contributed by atoms with Crippen LogP contribution in [0.25, 0.3) is 11.2 Å². The molecule has 1 fully saturated rings. The van der Waals surface area contributed by atoms with E-state index in [1.54, 1.807) is 14.0 Å². The first kappa shape index (κ1) is 18.7. The van der Waals surface area contributed by atoms with Gasteiger partial charge < -0.3 is 20.7 Å². The Labute approximate surface area is 151 Å². The van der Waals surface area contributed by atoms with Crippen LogP contribution in [0.3, 0.4) is 0 Å². The molecule has 9 heteroatoms. The fourth-order valence-electron chi connectivity index (χ4n) is 3.39. The Morgan fingerprint density at radius 1 is 1.38 bits per heavy atom. The number of aryl methyl sites for hydroxylation is 1. The average Bonchev–Trinajstić information content (AvgIpc) is 3.26. The molecule has 0 bridgehead atoms. The zero-order valence-electron chi connectivity index (χ0n) is 15.4. The van der Waals surface area contributed by atoms with Crippen LogP contribution in [0.4, 0.5) is 5.95 Å². The summed E-state index contributed by atoms with van der Waals surface area (Å²) in [4.78, 5) is 32.6. The molecule has 1 saturated heterocycles. The highest BCUT2D eigenvalue weighted by Gasteiger charge is 2.17. The molecule has 0 aliphatic carbocycles. The number of anilines is 1. The molecule has 2 atom stereocenters. The van der Waals surface area contributed by atoms with Gasteiger partial charge >= 0.3 is 5.69 Å². The largest absolute Gasteiger partial charge is 0.393 e. The topological polar surface area (TPSA) is 117 Å². The number of hydrogen-bond acceptors (Lipinski definition) is 6. The van der Waals surface area contributed by atoms with E-state index in [2.05, 4.69) is 20.6 Å². The minimum absolute atomic E-state index is 0.335. The van der Waals surface area contributed by atoms with Crippen molar-refractivity contribution in [2.24, 2.45) is 7.05 Å². The van der Waals surface area contributed by atoms with E-state index in [1.807, 2.05) is 0 Å². The van der Waals surface area contributed by atoms with Crippen molar-refractivity contribution in [2.75, 3.05) is 18.4 Å². The molecule has 3 heterocycles. The van der Waals surface area contributed by atoms with Gasteiger partial charge in [-0.2, -0.15) is 4.98 Å². The fraction of sp³-hybridized carbons (Fsp3) is 0.706. The maximum atomic E-state index is 12.7. The third kappa shape index (κ3) is 3.99. The molecular weight excluding hydrogens is 336 g/mol. The smallest absolute Gasteiger partial charge is 0.332 e. The third-order valence-corrected chi connectivity index (χ3v) is 4.91.